The molecule has 0 aliphatic rings. The van der Waals surface area contributed by atoms with Crippen molar-refractivity contribution in [1.29, 1.82) is 0 Å². The number of nitrogens with zero attached hydrogens (tertiary/aromatic N) is 1. The van der Waals surface area contributed by atoms with E-state index < -0.39 is 0 Å². The van der Waals surface area contributed by atoms with Crippen LogP contribution >= 0.6 is 39.0 Å². The summed E-state index contributed by atoms with van der Waals surface area (Å²) < 4.78 is 0.996. The molecule has 1 aromatic carbocycles. The average Bonchev–Trinajstić information content (AvgIpc) is 2.65. The number of benzene rings is 1. The lowest BCUT2D eigenvalue weighted by atomic mass is 10.3. The second-order valence-corrected chi connectivity index (χ2v) is 6.20. The highest BCUT2D eigenvalue weighted by Crippen LogP contribution is 2.40. The smallest absolute Gasteiger partial charge is 0.258 e. The van der Waals surface area contributed by atoms with Crippen LogP contribution in [0.15, 0.2) is 49.3 Å². The summed E-state index contributed by atoms with van der Waals surface area (Å²) in [5, 5.41) is 12.8. The highest BCUT2D eigenvalue weighted by Gasteiger charge is 2.14. The zero-order valence-corrected chi connectivity index (χ0v) is 11.1. The number of nitro groups is 1. The minimum absolute atomic E-state index is 0.144. The van der Waals surface area contributed by atoms with Crippen LogP contribution in [0.3, 0.4) is 0 Å². The van der Waals surface area contributed by atoms with E-state index in [0.29, 0.717) is 4.90 Å². The van der Waals surface area contributed by atoms with Gasteiger partial charge in [0.05, 0.1) is 13.6 Å². The second kappa shape index (κ2) is 4.99. The number of hydrogen-bond donors (Lipinski definition) is 0. The van der Waals surface area contributed by atoms with E-state index in [9.17, 15) is 10.1 Å². The van der Waals surface area contributed by atoms with Gasteiger partial charge >= 0.3 is 0 Å². The summed E-state index contributed by atoms with van der Waals surface area (Å²) in [6.07, 6.45) is 0. The van der Waals surface area contributed by atoms with Gasteiger partial charge in [0.1, 0.15) is 0 Å². The van der Waals surface area contributed by atoms with Crippen LogP contribution in [0.4, 0.5) is 5.69 Å². The van der Waals surface area contributed by atoms with E-state index in [-0.39, 0.29) is 10.6 Å². The molecular formula is C10H6BrNO2S2. The first-order valence-corrected chi connectivity index (χ1v) is 6.81. The molecule has 0 bridgehead atoms. The van der Waals surface area contributed by atoms with E-state index in [1.54, 1.807) is 29.5 Å². The maximum absolute atomic E-state index is 10.8. The Kier molecular flexibility index (Phi) is 3.63. The van der Waals surface area contributed by atoms with Gasteiger partial charge in [-0.2, -0.15) is 0 Å². The third-order valence-electron chi connectivity index (χ3n) is 1.87. The van der Waals surface area contributed by atoms with Crippen molar-refractivity contribution < 1.29 is 4.92 Å². The van der Waals surface area contributed by atoms with Gasteiger partial charge in [-0.15, -0.1) is 11.3 Å². The fourth-order valence-corrected chi connectivity index (χ4v) is 3.58. The summed E-state index contributed by atoms with van der Waals surface area (Å²) in [6, 6.07) is 8.69. The summed E-state index contributed by atoms with van der Waals surface area (Å²) in [4.78, 5) is 12.1. The predicted octanol–water partition coefficient (Wildman–Crippen LogP) is 4.57. The lowest BCUT2D eigenvalue weighted by molar-refractivity contribution is -0.387. The number of halogens is 1. The second-order valence-electron chi connectivity index (χ2n) is 2.89. The highest BCUT2D eigenvalue weighted by atomic mass is 79.9. The van der Waals surface area contributed by atoms with Crippen LogP contribution in [0.5, 0.6) is 0 Å². The number of hydrogen-bond acceptors (Lipinski definition) is 4. The SMILES string of the molecule is O=[N+]([O-])c1ccccc1Sc1ccsc1Br. The van der Waals surface area contributed by atoms with Gasteiger partial charge in [0.2, 0.25) is 0 Å². The zero-order valence-electron chi connectivity index (χ0n) is 7.92. The molecule has 1 aromatic heterocycles. The lowest BCUT2D eigenvalue weighted by Crippen LogP contribution is -1.89. The van der Waals surface area contributed by atoms with E-state index in [2.05, 4.69) is 15.9 Å². The largest absolute Gasteiger partial charge is 0.283 e. The maximum atomic E-state index is 10.8. The van der Waals surface area contributed by atoms with Crippen molar-refractivity contribution in [3.05, 3.63) is 49.6 Å². The number of thiophene rings is 1. The highest BCUT2D eigenvalue weighted by molar-refractivity contribution is 9.11. The Labute approximate surface area is 109 Å². The molecule has 16 heavy (non-hydrogen) atoms. The number of rotatable bonds is 3. The van der Waals surface area contributed by atoms with Crippen LogP contribution in [-0.2, 0) is 0 Å². The molecule has 3 nitrogen and oxygen atoms in total. The fraction of sp³-hybridized carbons (Fsp3) is 0. The summed E-state index contributed by atoms with van der Waals surface area (Å²) in [7, 11) is 0. The molecule has 0 unspecified atom stereocenters. The molecule has 0 atom stereocenters. The van der Waals surface area contributed by atoms with Gasteiger partial charge in [0.15, 0.2) is 0 Å². The average molecular weight is 316 g/mol. The summed E-state index contributed by atoms with van der Waals surface area (Å²) >= 11 is 6.37. The molecular weight excluding hydrogens is 310 g/mol. The van der Waals surface area contributed by atoms with E-state index in [1.165, 1.54) is 17.8 Å². The van der Waals surface area contributed by atoms with Crippen LogP contribution in [0.1, 0.15) is 0 Å². The van der Waals surface area contributed by atoms with Crippen LogP contribution in [-0.4, -0.2) is 4.92 Å². The van der Waals surface area contributed by atoms with Crippen molar-refractivity contribution in [3.8, 4) is 0 Å². The van der Waals surface area contributed by atoms with Gasteiger partial charge in [0.25, 0.3) is 5.69 Å². The molecule has 6 heteroatoms. The minimum atomic E-state index is -0.359. The van der Waals surface area contributed by atoms with Crippen LogP contribution in [0, 0.1) is 10.1 Å². The molecule has 0 fully saturated rings. The third-order valence-corrected chi connectivity index (χ3v) is 5.07. The standard InChI is InChI=1S/C10H6BrNO2S2/c11-10-9(5-6-15-10)16-8-4-2-1-3-7(8)12(13)14/h1-6H. The van der Waals surface area contributed by atoms with E-state index >= 15 is 0 Å². The maximum Gasteiger partial charge on any atom is 0.283 e. The van der Waals surface area contributed by atoms with Crippen molar-refractivity contribution in [2.75, 3.05) is 0 Å². The molecule has 0 amide bonds. The molecule has 0 aliphatic heterocycles. The Morgan fingerprint density at radius 3 is 2.62 bits per heavy atom. The summed E-state index contributed by atoms with van der Waals surface area (Å²) in [5.74, 6) is 0. The van der Waals surface area contributed by atoms with Crippen molar-refractivity contribution >= 4 is 44.7 Å². The first-order chi connectivity index (χ1) is 7.68. The quantitative estimate of drug-likeness (QED) is 0.615. The van der Waals surface area contributed by atoms with Crippen molar-refractivity contribution in [1.82, 2.24) is 0 Å². The molecule has 0 saturated carbocycles. The van der Waals surface area contributed by atoms with E-state index in [4.69, 9.17) is 0 Å². The molecule has 2 aromatic rings. The molecule has 0 aliphatic carbocycles. The summed E-state index contributed by atoms with van der Waals surface area (Å²) in [6.45, 7) is 0. The van der Waals surface area contributed by atoms with Gasteiger partial charge in [-0.05, 0) is 33.4 Å². The topological polar surface area (TPSA) is 43.1 Å². The third kappa shape index (κ3) is 2.45. The van der Waals surface area contributed by atoms with Crippen LogP contribution in [0.2, 0.25) is 0 Å². The molecule has 2 rings (SSSR count). The van der Waals surface area contributed by atoms with Gasteiger partial charge in [-0.25, -0.2) is 0 Å². The molecule has 82 valence electrons. The van der Waals surface area contributed by atoms with Crippen LogP contribution in [0.25, 0.3) is 0 Å². The molecule has 0 spiro atoms. The van der Waals surface area contributed by atoms with Gasteiger partial charge in [0, 0.05) is 11.0 Å². The molecule has 1 heterocycles. The van der Waals surface area contributed by atoms with Gasteiger partial charge in [-0.1, -0.05) is 23.9 Å². The normalized spacial score (nSPS) is 10.3. The first kappa shape index (κ1) is 11.6. The monoisotopic (exact) mass is 315 g/mol. The zero-order chi connectivity index (χ0) is 11.5. The Morgan fingerprint density at radius 1 is 1.25 bits per heavy atom. The molecule has 0 saturated heterocycles. The molecule has 0 radical (unpaired) electrons. The predicted molar refractivity (Wildman–Crippen MR) is 69.2 cm³/mol. The Bertz CT molecular complexity index is 527. The van der Waals surface area contributed by atoms with Gasteiger partial charge < -0.3 is 0 Å². The molecule has 0 N–H and O–H groups in total. The van der Waals surface area contributed by atoms with E-state index in [1.807, 2.05) is 11.4 Å². The van der Waals surface area contributed by atoms with Crippen molar-refractivity contribution in [3.63, 3.8) is 0 Å². The summed E-state index contributed by atoms with van der Waals surface area (Å²) in [5.41, 5.74) is 0.144. The number of nitro benzene ring substituents is 1. The number of para-hydroxylation sites is 1. The van der Waals surface area contributed by atoms with Crippen LogP contribution < -0.4 is 0 Å². The lowest BCUT2D eigenvalue weighted by Gasteiger charge is -2.00. The van der Waals surface area contributed by atoms with Crippen molar-refractivity contribution in [2.24, 2.45) is 0 Å². The fourth-order valence-electron chi connectivity index (χ4n) is 1.17. The van der Waals surface area contributed by atoms with E-state index in [0.717, 1.165) is 8.68 Å². The minimum Gasteiger partial charge on any atom is -0.258 e. The Balaban J connectivity index is 2.35. The Hall–Kier alpha value is -0.850. The Morgan fingerprint density at radius 2 is 2.00 bits per heavy atom. The van der Waals surface area contributed by atoms with Gasteiger partial charge in [-0.3, -0.25) is 10.1 Å². The van der Waals surface area contributed by atoms with Crippen molar-refractivity contribution in [2.45, 2.75) is 9.79 Å². The first-order valence-electron chi connectivity index (χ1n) is 4.33.